The second-order valence-electron chi connectivity index (χ2n) is 6.11. The molecule has 5 nitrogen and oxygen atoms in total. The zero-order valence-corrected chi connectivity index (χ0v) is 16.0. The number of hydrogen-bond acceptors (Lipinski definition) is 3. The van der Waals surface area contributed by atoms with E-state index in [1.54, 1.807) is 24.3 Å². The summed E-state index contributed by atoms with van der Waals surface area (Å²) in [5.41, 5.74) is 1.04. The van der Waals surface area contributed by atoms with Gasteiger partial charge in [-0.1, -0.05) is 43.1 Å². The monoisotopic (exact) mass is 394 g/mol. The van der Waals surface area contributed by atoms with Crippen LogP contribution < -0.4 is 15.5 Å². The molecule has 2 N–H and O–H groups in total. The van der Waals surface area contributed by atoms with Gasteiger partial charge in [-0.15, -0.1) is 0 Å². The summed E-state index contributed by atoms with van der Waals surface area (Å²) in [6.45, 7) is 4.67. The molecule has 0 fully saturated rings. The summed E-state index contributed by atoms with van der Waals surface area (Å²) in [4.78, 5) is 26.8. The third-order valence-electron chi connectivity index (χ3n) is 3.34. The average Bonchev–Trinajstić information content (AvgIpc) is 2.58. The van der Waals surface area contributed by atoms with Crippen molar-refractivity contribution < 1.29 is 9.53 Å². The average molecular weight is 395 g/mol. The first kappa shape index (κ1) is 20.1. The number of carbonyl (C=O) groups excluding carboxylic acids is 1. The van der Waals surface area contributed by atoms with Gasteiger partial charge in [-0.05, 0) is 29.7 Å². The number of ether oxygens (including phenoxy) is 1. The smallest absolute Gasteiger partial charge is 0.244 e. The largest absolute Gasteiger partial charge is 0.488 e. The maximum Gasteiger partial charge on any atom is 0.244 e. The fraction of sp³-hybridized carbons (Fsp3) is 0.263. The molecule has 1 heterocycles. The number of carbonyl (C=O) groups is 1. The van der Waals surface area contributed by atoms with Gasteiger partial charge in [0.1, 0.15) is 0 Å². The molecule has 0 saturated heterocycles. The van der Waals surface area contributed by atoms with E-state index in [4.69, 9.17) is 27.9 Å². The van der Waals surface area contributed by atoms with Gasteiger partial charge in [-0.2, -0.15) is 0 Å². The Morgan fingerprint density at radius 2 is 2.08 bits per heavy atom. The molecular weight excluding hydrogens is 375 g/mol. The van der Waals surface area contributed by atoms with Crippen molar-refractivity contribution in [2.24, 2.45) is 5.92 Å². The number of halogens is 2. The highest BCUT2D eigenvalue weighted by Crippen LogP contribution is 2.21. The van der Waals surface area contributed by atoms with Crippen LogP contribution in [0.5, 0.6) is 5.75 Å². The SMILES string of the molecule is CC(C)COc1c[nH]c(CNC(=O)/C=C/c2ccc(Cl)cc2Cl)cc1=O. The van der Waals surface area contributed by atoms with Crippen LogP contribution in [0.1, 0.15) is 25.1 Å². The van der Waals surface area contributed by atoms with Crippen molar-refractivity contribution in [2.45, 2.75) is 20.4 Å². The fourth-order valence-electron chi connectivity index (χ4n) is 2.02. The Bertz CT molecular complexity index is 860. The summed E-state index contributed by atoms with van der Waals surface area (Å²) in [6.07, 6.45) is 4.47. The van der Waals surface area contributed by atoms with Gasteiger partial charge in [0.05, 0.1) is 13.2 Å². The molecule has 2 aromatic rings. The van der Waals surface area contributed by atoms with Crippen LogP contribution in [-0.4, -0.2) is 17.5 Å². The molecule has 0 spiro atoms. The number of H-pyrrole nitrogens is 1. The number of aromatic nitrogens is 1. The lowest BCUT2D eigenvalue weighted by molar-refractivity contribution is -0.116. The second kappa shape index (κ2) is 9.46. The number of benzene rings is 1. The first-order valence-corrected chi connectivity index (χ1v) is 8.86. The van der Waals surface area contributed by atoms with Gasteiger partial charge in [0.25, 0.3) is 0 Å². The predicted molar refractivity (Wildman–Crippen MR) is 105 cm³/mol. The highest BCUT2D eigenvalue weighted by Gasteiger charge is 2.05. The number of pyridine rings is 1. The van der Waals surface area contributed by atoms with Crippen molar-refractivity contribution in [2.75, 3.05) is 6.61 Å². The Balaban J connectivity index is 1.91. The van der Waals surface area contributed by atoms with Gasteiger partial charge in [-0.25, -0.2) is 0 Å². The van der Waals surface area contributed by atoms with E-state index in [1.807, 2.05) is 13.8 Å². The van der Waals surface area contributed by atoms with E-state index < -0.39 is 0 Å². The molecule has 26 heavy (non-hydrogen) atoms. The van der Waals surface area contributed by atoms with Gasteiger partial charge in [0.2, 0.25) is 11.3 Å². The number of rotatable bonds is 7. The minimum Gasteiger partial charge on any atom is -0.488 e. The third kappa shape index (κ3) is 6.24. The quantitative estimate of drug-likeness (QED) is 0.695. The van der Waals surface area contributed by atoms with Crippen molar-refractivity contribution >= 4 is 35.2 Å². The molecule has 1 aromatic heterocycles. The van der Waals surface area contributed by atoms with E-state index in [0.29, 0.717) is 33.8 Å². The molecule has 0 aliphatic carbocycles. The molecule has 1 aromatic carbocycles. The van der Waals surface area contributed by atoms with E-state index in [9.17, 15) is 9.59 Å². The summed E-state index contributed by atoms with van der Waals surface area (Å²) in [7, 11) is 0. The maximum absolute atomic E-state index is 12.0. The number of aromatic amines is 1. The first-order chi connectivity index (χ1) is 12.3. The van der Waals surface area contributed by atoms with Crippen LogP contribution in [0.4, 0.5) is 0 Å². The third-order valence-corrected chi connectivity index (χ3v) is 3.90. The molecule has 0 aliphatic rings. The van der Waals surface area contributed by atoms with Crippen LogP contribution >= 0.6 is 23.2 Å². The van der Waals surface area contributed by atoms with Gasteiger partial charge in [0, 0.05) is 34.1 Å². The summed E-state index contributed by atoms with van der Waals surface area (Å²) >= 11 is 11.9. The Hall–Kier alpha value is -2.24. The van der Waals surface area contributed by atoms with Crippen molar-refractivity contribution in [1.29, 1.82) is 0 Å². The molecule has 2 rings (SSSR count). The first-order valence-electron chi connectivity index (χ1n) is 8.10. The van der Waals surface area contributed by atoms with E-state index in [0.717, 1.165) is 0 Å². The zero-order valence-electron chi connectivity index (χ0n) is 14.5. The van der Waals surface area contributed by atoms with Crippen LogP contribution in [-0.2, 0) is 11.3 Å². The Morgan fingerprint density at radius 1 is 1.31 bits per heavy atom. The number of nitrogens with one attached hydrogen (secondary N) is 2. The summed E-state index contributed by atoms with van der Waals surface area (Å²) in [6, 6.07) is 6.44. The zero-order chi connectivity index (χ0) is 19.1. The lowest BCUT2D eigenvalue weighted by atomic mass is 10.2. The highest BCUT2D eigenvalue weighted by atomic mass is 35.5. The molecule has 0 unspecified atom stereocenters. The minimum atomic E-state index is -0.308. The van der Waals surface area contributed by atoms with E-state index in [-0.39, 0.29) is 23.6 Å². The molecular formula is C19H20Cl2N2O3. The predicted octanol–water partition coefficient (Wildman–Crippen LogP) is 4.05. The van der Waals surface area contributed by atoms with Crippen LogP contribution in [0, 0.1) is 5.92 Å². The van der Waals surface area contributed by atoms with Crippen LogP contribution in [0.15, 0.2) is 41.3 Å². The Labute approximate surface area is 162 Å². The van der Waals surface area contributed by atoms with Crippen molar-refractivity contribution in [3.8, 4) is 5.75 Å². The molecule has 0 aliphatic heterocycles. The van der Waals surface area contributed by atoms with Gasteiger partial charge < -0.3 is 15.0 Å². The van der Waals surface area contributed by atoms with E-state index >= 15 is 0 Å². The van der Waals surface area contributed by atoms with Gasteiger partial charge >= 0.3 is 0 Å². The van der Waals surface area contributed by atoms with Crippen molar-refractivity contribution in [1.82, 2.24) is 10.3 Å². The Morgan fingerprint density at radius 3 is 2.73 bits per heavy atom. The van der Waals surface area contributed by atoms with E-state index in [1.165, 1.54) is 18.3 Å². The van der Waals surface area contributed by atoms with Crippen molar-refractivity contribution in [3.63, 3.8) is 0 Å². The lowest BCUT2D eigenvalue weighted by Crippen LogP contribution is -2.22. The van der Waals surface area contributed by atoms with E-state index in [2.05, 4.69) is 10.3 Å². The molecule has 0 bridgehead atoms. The molecule has 0 atom stereocenters. The summed E-state index contributed by atoms with van der Waals surface area (Å²) < 4.78 is 5.42. The fourth-order valence-corrected chi connectivity index (χ4v) is 2.49. The highest BCUT2D eigenvalue weighted by molar-refractivity contribution is 6.35. The second-order valence-corrected chi connectivity index (χ2v) is 6.95. The minimum absolute atomic E-state index is 0.192. The molecule has 138 valence electrons. The summed E-state index contributed by atoms with van der Waals surface area (Å²) in [5.74, 6) is 0.289. The van der Waals surface area contributed by atoms with Crippen LogP contribution in [0.3, 0.4) is 0 Å². The number of hydrogen-bond donors (Lipinski definition) is 2. The number of amides is 1. The standard InChI is InChI=1S/C19H20Cl2N2O3/c1-12(2)11-26-18-10-22-15(8-17(18)24)9-23-19(25)6-4-13-3-5-14(20)7-16(13)21/h3-8,10,12H,9,11H2,1-2H3,(H,22,24)(H,23,25)/b6-4+. The summed E-state index contributed by atoms with van der Waals surface area (Å²) in [5, 5.41) is 3.68. The van der Waals surface area contributed by atoms with Crippen LogP contribution in [0.2, 0.25) is 10.0 Å². The topological polar surface area (TPSA) is 71.2 Å². The lowest BCUT2D eigenvalue weighted by Gasteiger charge is -2.09. The molecule has 1 amide bonds. The molecule has 7 heteroatoms. The maximum atomic E-state index is 12.0. The van der Waals surface area contributed by atoms with Gasteiger partial charge in [-0.3, -0.25) is 9.59 Å². The van der Waals surface area contributed by atoms with Crippen molar-refractivity contribution in [3.05, 3.63) is 68.1 Å². The normalized spacial score (nSPS) is 11.1. The molecule has 0 saturated carbocycles. The van der Waals surface area contributed by atoms with Gasteiger partial charge in [0.15, 0.2) is 5.75 Å². The Kier molecular flexibility index (Phi) is 7.30. The van der Waals surface area contributed by atoms with Crippen LogP contribution in [0.25, 0.3) is 6.08 Å². The molecule has 0 radical (unpaired) electrons.